The summed E-state index contributed by atoms with van der Waals surface area (Å²) in [6.45, 7) is 4.92. The van der Waals surface area contributed by atoms with Gasteiger partial charge in [-0.25, -0.2) is 9.07 Å². The van der Waals surface area contributed by atoms with Crippen LogP contribution in [-0.2, 0) is 6.54 Å². The maximum Gasteiger partial charge on any atom is 0.253 e. The summed E-state index contributed by atoms with van der Waals surface area (Å²) < 4.78 is 16.2. The van der Waals surface area contributed by atoms with E-state index in [-0.39, 0.29) is 11.4 Å². The van der Waals surface area contributed by atoms with Gasteiger partial charge in [0, 0.05) is 31.7 Å². The molecule has 0 amide bonds. The van der Waals surface area contributed by atoms with Crippen molar-refractivity contribution in [3.05, 3.63) is 118 Å². The molecule has 1 aliphatic heterocycles. The Hall–Kier alpha value is -4.37. The first-order valence-corrected chi connectivity index (χ1v) is 12.7. The Morgan fingerprint density at radius 2 is 1.71 bits per heavy atom. The molecule has 9 heteroatoms. The second-order valence-electron chi connectivity index (χ2n) is 9.65. The van der Waals surface area contributed by atoms with Gasteiger partial charge in [0.05, 0.1) is 17.7 Å². The van der Waals surface area contributed by atoms with Crippen molar-refractivity contribution < 1.29 is 4.39 Å². The topological polar surface area (TPSA) is 82.9 Å². The second kappa shape index (κ2) is 10.2. The lowest BCUT2D eigenvalue weighted by Gasteiger charge is -2.39. The predicted molar refractivity (Wildman–Crippen MR) is 145 cm³/mol. The van der Waals surface area contributed by atoms with Crippen molar-refractivity contribution >= 4 is 16.6 Å². The fourth-order valence-corrected chi connectivity index (χ4v) is 5.31. The molecule has 38 heavy (non-hydrogen) atoms. The molecule has 1 saturated heterocycles. The molecule has 192 valence electrons. The molecule has 0 bridgehead atoms. The van der Waals surface area contributed by atoms with Gasteiger partial charge in [0.15, 0.2) is 5.82 Å². The van der Waals surface area contributed by atoms with Crippen LogP contribution in [0.1, 0.15) is 28.6 Å². The molecule has 8 nitrogen and oxygen atoms in total. The highest BCUT2D eigenvalue weighted by Crippen LogP contribution is 2.30. The molecule has 2 aromatic heterocycles. The van der Waals surface area contributed by atoms with Crippen LogP contribution in [0.15, 0.2) is 83.7 Å². The Bertz CT molecular complexity index is 1620. The zero-order valence-corrected chi connectivity index (χ0v) is 21.1. The first kappa shape index (κ1) is 24.0. The Morgan fingerprint density at radius 1 is 0.947 bits per heavy atom. The zero-order chi connectivity index (χ0) is 26.1. The molecule has 0 saturated carbocycles. The van der Waals surface area contributed by atoms with Crippen LogP contribution in [0.3, 0.4) is 0 Å². The molecule has 0 aliphatic carbocycles. The van der Waals surface area contributed by atoms with Crippen LogP contribution in [0.5, 0.6) is 0 Å². The summed E-state index contributed by atoms with van der Waals surface area (Å²) in [6, 6.07) is 24.3. The summed E-state index contributed by atoms with van der Waals surface area (Å²) >= 11 is 0. The monoisotopic (exact) mass is 509 g/mol. The smallest absolute Gasteiger partial charge is 0.253 e. The minimum atomic E-state index is -0.467. The molecule has 1 fully saturated rings. The van der Waals surface area contributed by atoms with Gasteiger partial charge in [0.1, 0.15) is 11.9 Å². The second-order valence-corrected chi connectivity index (χ2v) is 9.65. The van der Waals surface area contributed by atoms with E-state index in [1.54, 1.807) is 16.8 Å². The number of hydrogen-bond donors (Lipinski definition) is 1. The van der Waals surface area contributed by atoms with Crippen LogP contribution in [0, 0.1) is 12.7 Å². The highest BCUT2D eigenvalue weighted by Gasteiger charge is 2.33. The third kappa shape index (κ3) is 4.56. The molecule has 3 heterocycles. The lowest BCUT2D eigenvalue weighted by Crippen LogP contribution is -2.49. The summed E-state index contributed by atoms with van der Waals surface area (Å²) in [5.41, 5.74) is 3.92. The molecule has 1 N–H and O–H groups in total. The number of fused-ring (bicyclic) bond motifs is 1. The minimum absolute atomic E-state index is 0.164. The van der Waals surface area contributed by atoms with Crippen LogP contribution >= 0.6 is 0 Å². The molecule has 3 aromatic carbocycles. The maximum atomic E-state index is 14.5. The summed E-state index contributed by atoms with van der Waals surface area (Å²) in [4.78, 5) is 20.9. The number of anilines is 1. The Kier molecular flexibility index (Phi) is 6.43. The summed E-state index contributed by atoms with van der Waals surface area (Å²) in [5.74, 6) is 0.372. The van der Waals surface area contributed by atoms with E-state index >= 15 is 0 Å². The van der Waals surface area contributed by atoms with Crippen molar-refractivity contribution in [2.45, 2.75) is 19.5 Å². The van der Waals surface area contributed by atoms with E-state index in [9.17, 15) is 9.18 Å². The van der Waals surface area contributed by atoms with Crippen LogP contribution in [-0.4, -0.2) is 56.3 Å². The number of halogens is 1. The van der Waals surface area contributed by atoms with Crippen molar-refractivity contribution in [2.24, 2.45) is 0 Å². The number of aromatic nitrogens is 5. The predicted octanol–water partition coefficient (Wildman–Crippen LogP) is 3.92. The van der Waals surface area contributed by atoms with Gasteiger partial charge in [-0.2, -0.15) is 0 Å². The summed E-state index contributed by atoms with van der Waals surface area (Å²) in [6.07, 6.45) is 0. The number of rotatable bonds is 6. The van der Waals surface area contributed by atoms with E-state index in [2.05, 4.69) is 25.4 Å². The number of H-pyrrole nitrogens is 1. The number of nitrogens with one attached hydrogen (secondary N) is 1. The lowest BCUT2D eigenvalue weighted by molar-refractivity contribution is 0.200. The minimum Gasteiger partial charge on any atom is -0.367 e. The summed E-state index contributed by atoms with van der Waals surface area (Å²) in [7, 11) is 0. The number of tetrazole rings is 1. The average molecular weight is 510 g/mol. The molecule has 6 rings (SSSR count). The molecule has 0 spiro atoms. The fourth-order valence-electron chi connectivity index (χ4n) is 5.31. The number of aryl methyl sites for hydroxylation is 1. The third-order valence-corrected chi connectivity index (χ3v) is 7.26. The molecule has 5 aromatic rings. The van der Waals surface area contributed by atoms with E-state index < -0.39 is 6.04 Å². The van der Waals surface area contributed by atoms with E-state index in [1.807, 2.05) is 72.5 Å². The molecular formula is C29H28FN7O. The highest BCUT2D eigenvalue weighted by molar-refractivity contribution is 5.82. The highest BCUT2D eigenvalue weighted by atomic mass is 19.1. The van der Waals surface area contributed by atoms with Crippen molar-refractivity contribution in [2.75, 3.05) is 31.1 Å². The van der Waals surface area contributed by atoms with Crippen molar-refractivity contribution in [1.82, 2.24) is 30.1 Å². The normalized spacial score (nSPS) is 15.2. The van der Waals surface area contributed by atoms with Gasteiger partial charge in [-0.05, 0) is 52.1 Å². The Morgan fingerprint density at radius 3 is 2.50 bits per heavy atom. The molecule has 0 radical (unpaired) electrons. The molecule has 1 aliphatic rings. The van der Waals surface area contributed by atoms with Gasteiger partial charge in [-0.15, -0.1) is 5.10 Å². The van der Waals surface area contributed by atoms with E-state index in [4.69, 9.17) is 0 Å². The van der Waals surface area contributed by atoms with E-state index in [0.29, 0.717) is 49.8 Å². The lowest BCUT2D eigenvalue weighted by atomic mass is 10.0. The summed E-state index contributed by atoms with van der Waals surface area (Å²) in [5, 5.41) is 13.7. The number of aromatic amines is 1. The largest absolute Gasteiger partial charge is 0.367 e. The number of benzene rings is 3. The van der Waals surface area contributed by atoms with Gasteiger partial charge in [0.25, 0.3) is 5.56 Å². The SMILES string of the molecule is Cc1cccc2cc(C(c3nnnn3Cc3ccccc3)N3CCN(c4ccccc4F)CC3)c(=O)[nH]c12. The number of piperazine rings is 1. The standard InChI is InChI=1S/C29H28FN7O/c1-20-8-7-11-22-18-23(29(38)31-26(20)22)27(28-32-33-34-37(28)19-21-9-3-2-4-10-21)36-16-14-35(15-17-36)25-13-6-5-12-24(25)30/h2-13,18,27H,14-17,19H2,1H3,(H,31,38). The Balaban J connectivity index is 1.40. The van der Waals surface area contributed by atoms with Gasteiger partial charge in [0.2, 0.25) is 0 Å². The fraction of sp³-hybridized carbons (Fsp3) is 0.241. The number of hydrogen-bond acceptors (Lipinski definition) is 6. The van der Waals surface area contributed by atoms with E-state index in [1.165, 1.54) is 6.07 Å². The van der Waals surface area contributed by atoms with Crippen LogP contribution in [0.25, 0.3) is 10.9 Å². The van der Waals surface area contributed by atoms with Crippen molar-refractivity contribution in [3.8, 4) is 0 Å². The van der Waals surface area contributed by atoms with Gasteiger partial charge >= 0.3 is 0 Å². The number of nitrogens with zero attached hydrogens (tertiary/aromatic N) is 6. The number of para-hydroxylation sites is 2. The number of pyridine rings is 1. The van der Waals surface area contributed by atoms with Crippen molar-refractivity contribution in [3.63, 3.8) is 0 Å². The molecular weight excluding hydrogens is 481 g/mol. The van der Waals surface area contributed by atoms with Gasteiger partial charge < -0.3 is 9.88 Å². The molecule has 1 atom stereocenters. The van der Waals surface area contributed by atoms with Gasteiger partial charge in [-0.3, -0.25) is 9.69 Å². The third-order valence-electron chi connectivity index (χ3n) is 7.26. The zero-order valence-electron chi connectivity index (χ0n) is 21.1. The Labute approximate surface area is 219 Å². The van der Waals surface area contributed by atoms with Crippen LogP contribution in [0.2, 0.25) is 0 Å². The quantitative estimate of drug-likeness (QED) is 0.374. The maximum absolute atomic E-state index is 14.5. The van der Waals surface area contributed by atoms with Crippen molar-refractivity contribution in [1.29, 1.82) is 0 Å². The average Bonchev–Trinajstić information content (AvgIpc) is 3.38. The first-order valence-electron chi connectivity index (χ1n) is 12.7. The van der Waals surface area contributed by atoms with Gasteiger partial charge in [-0.1, -0.05) is 60.7 Å². The van der Waals surface area contributed by atoms with E-state index in [0.717, 1.165) is 22.0 Å². The van der Waals surface area contributed by atoms with Crippen LogP contribution < -0.4 is 10.5 Å². The van der Waals surface area contributed by atoms with Crippen LogP contribution in [0.4, 0.5) is 10.1 Å². The molecule has 1 unspecified atom stereocenters. The first-order chi connectivity index (χ1) is 18.6.